The van der Waals surface area contributed by atoms with Crippen LogP contribution in [0.2, 0.25) is 0 Å². The van der Waals surface area contributed by atoms with E-state index in [-0.39, 0.29) is 16.9 Å². The SMILES string of the molecule is CC1[C@@H]2CCC(C)(C)[C@H]1[C@]13O[C@@]1(C)C1(C[C@H]23)C(=O)OC(C)(C)OC1=O. The molecule has 3 saturated carbocycles. The number of hydrogen-bond acceptors (Lipinski definition) is 5. The second-order valence-corrected chi connectivity index (χ2v) is 10.4. The van der Waals surface area contributed by atoms with Crippen LogP contribution in [0.15, 0.2) is 0 Å². The van der Waals surface area contributed by atoms with E-state index in [1.807, 2.05) is 6.92 Å². The highest BCUT2D eigenvalue weighted by Crippen LogP contribution is 2.83. The average Bonchev–Trinajstić information content (AvgIpc) is 2.91. The lowest BCUT2D eigenvalue weighted by Gasteiger charge is -2.45. The molecule has 0 aromatic carbocycles. The molecule has 0 aromatic heterocycles. The van der Waals surface area contributed by atoms with Crippen LogP contribution in [-0.2, 0) is 23.8 Å². The van der Waals surface area contributed by atoms with Crippen molar-refractivity contribution in [2.24, 2.45) is 34.5 Å². The number of esters is 2. The summed E-state index contributed by atoms with van der Waals surface area (Å²) in [6.07, 6.45) is 2.83. The summed E-state index contributed by atoms with van der Waals surface area (Å²) in [7, 11) is 0. The Bertz CT molecular complexity index is 689. The first-order chi connectivity index (χ1) is 11.4. The number of epoxide rings is 1. The lowest BCUT2D eigenvalue weighted by molar-refractivity contribution is -0.256. The number of rotatable bonds is 0. The maximum absolute atomic E-state index is 13.1. The van der Waals surface area contributed by atoms with Crippen molar-refractivity contribution in [3.05, 3.63) is 0 Å². The van der Waals surface area contributed by atoms with E-state index in [2.05, 4.69) is 20.8 Å². The van der Waals surface area contributed by atoms with Crippen molar-refractivity contribution in [2.45, 2.75) is 77.8 Å². The third-order valence-corrected chi connectivity index (χ3v) is 8.49. The lowest BCUT2D eigenvalue weighted by Crippen LogP contribution is -2.59. The fourth-order valence-corrected chi connectivity index (χ4v) is 7.63. The minimum atomic E-state index is -1.29. The Morgan fingerprint density at radius 2 is 1.60 bits per heavy atom. The van der Waals surface area contributed by atoms with Crippen LogP contribution in [0, 0.1) is 34.5 Å². The Hall–Kier alpha value is -1.10. The van der Waals surface area contributed by atoms with E-state index in [1.165, 1.54) is 6.42 Å². The molecule has 3 aliphatic carbocycles. The number of ether oxygens (including phenoxy) is 3. The van der Waals surface area contributed by atoms with E-state index in [4.69, 9.17) is 14.2 Å². The largest absolute Gasteiger partial charge is 0.422 e. The van der Waals surface area contributed by atoms with Gasteiger partial charge in [0, 0.05) is 13.8 Å². The second kappa shape index (κ2) is 3.92. The van der Waals surface area contributed by atoms with E-state index >= 15 is 0 Å². The highest BCUT2D eigenvalue weighted by atomic mass is 16.8. The van der Waals surface area contributed by atoms with Crippen LogP contribution in [0.1, 0.15) is 60.8 Å². The minimum absolute atomic E-state index is 0.149. The van der Waals surface area contributed by atoms with Crippen molar-refractivity contribution in [3.63, 3.8) is 0 Å². The molecule has 2 heterocycles. The predicted octanol–water partition coefficient (Wildman–Crippen LogP) is 3.06. The highest BCUT2D eigenvalue weighted by molar-refractivity contribution is 6.05. The van der Waals surface area contributed by atoms with Gasteiger partial charge in [0.25, 0.3) is 5.79 Å². The van der Waals surface area contributed by atoms with Gasteiger partial charge in [-0.05, 0) is 55.3 Å². The molecule has 2 saturated heterocycles. The molecule has 2 aliphatic heterocycles. The molecule has 5 fully saturated rings. The fraction of sp³-hybridized carbons (Fsp3) is 0.900. The van der Waals surface area contributed by atoms with Crippen LogP contribution in [0.25, 0.3) is 0 Å². The van der Waals surface area contributed by atoms with Crippen molar-refractivity contribution in [1.29, 1.82) is 0 Å². The molecule has 0 amide bonds. The van der Waals surface area contributed by atoms with Gasteiger partial charge in [-0.15, -0.1) is 0 Å². The summed E-state index contributed by atoms with van der Waals surface area (Å²) in [5, 5.41) is 0. The van der Waals surface area contributed by atoms with Crippen molar-refractivity contribution in [1.82, 2.24) is 0 Å². The summed E-state index contributed by atoms with van der Waals surface area (Å²) < 4.78 is 17.6. The van der Waals surface area contributed by atoms with E-state index in [9.17, 15) is 9.59 Å². The number of hydrogen-bond donors (Lipinski definition) is 0. The summed E-state index contributed by atoms with van der Waals surface area (Å²) >= 11 is 0. The first-order valence-electron chi connectivity index (χ1n) is 9.60. The zero-order valence-corrected chi connectivity index (χ0v) is 16.0. The second-order valence-electron chi connectivity index (χ2n) is 10.4. The molecule has 5 rings (SSSR count). The van der Waals surface area contributed by atoms with Crippen LogP contribution in [0.5, 0.6) is 0 Å². The van der Waals surface area contributed by atoms with Gasteiger partial charge in [-0.3, -0.25) is 9.59 Å². The number of cyclic esters (lactones) is 2. The highest BCUT2D eigenvalue weighted by Gasteiger charge is 2.95. The molecule has 1 unspecified atom stereocenters. The van der Waals surface area contributed by atoms with Gasteiger partial charge in [0.2, 0.25) is 0 Å². The first-order valence-corrected chi connectivity index (χ1v) is 9.60. The van der Waals surface area contributed by atoms with Gasteiger partial charge in [-0.25, -0.2) is 0 Å². The molecule has 0 aromatic rings. The normalized spacial score (nSPS) is 53.0. The molecule has 138 valence electrons. The van der Waals surface area contributed by atoms with Crippen molar-refractivity contribution < 1.29 is 23.8 Å². The van der Waals surface area contributed by atoms with Crippen LogP contribution >= 0.6 is 0 Å². The van der Waals surface area contributed by atoms with Gasteiger partial charge in [-0.2, -0.15) is 0 Å². The van der Waals surface area contributed by atoms with Gasteiger partial charge in [0.1, 0.15) is 11.2 Å². The molecule has 0 radical (unpaired) electrons. The quantitative estimate of drug-likeness (QED) is 0.382. The van der Waals surface area contributed by atoms with E-state index < -0.39 is 28.7 Å². The minimum Gasteiger partial charge on any atom is -0.422 e. The Kier molecular flexibility index (Phi) is 2.53. The zero-order chi connectivity index (χ0) is 18.2. The van der Waals surface area contributed by atoms with Crippen LogP contribution in [-0.4, -0.2) is 28.9 Å². The Morgan fingerprint density at radius 1 is 1.00 bits per heavy atom. The molecule has 25 heavy (non-hydrogen) atoms. The maximum atomic E-state index is 13.1. The molecule has 0 N–H and O–H groups in total. The molecule has 5 aliphatic rings. The smallest absolute Gasteiger partial charge is 0.329 e. The Balaban J connectivity index is 1.64. The summed E-state index contributed by atoms with van der Waals surface area (Å²) in [4.78, 5) is 26.1. The average molecular weight is 348 g/mol. The summed E-state index contributed by atoms with van der Waals surface area (Å²) in [5.41, 5.74) is -2.33. The first kappa shape index (κ1) is 16.1. The third-order valence-electron chi connectivity index (χ3n) is 8.49. The maximum Gasteiger partial charge on any atom is 0.329 e. The van der Waals surface area contributed by atoms with Gasteiger partial charge >= 0.3 is 11.9 Å². The molecule has 5 heteroatoms. The molecule has 2 spiro atoms. The third kappa shape index (κ3) is 1.42. The molecule has 2 bridgehead atoms. The van der Waals surface area contributed by atoms with Crippen molar-refractivity contribution in [3.8, 4) is 0 Å². The monoisotopic (exact) mass is 348 g/mol. The number of carbonyl (C=O) groups excluding carboxylic acids is 2. The lowest BCUT2D eigenvalue weighted by atomic mass is 9.59. The van der Waals surface area contributed by atoms with E-state index in [1.54, 1.807) is 13.8 Å². The van der Waals surface area contributed by atoms with E-state index in [0.717, 1.165) is 6.42 Å². The Labute approximate surface area is 148 Å². The zero-order valence-electron chi connectivity index (χ0n) is 16.0. The molecular weight excluding hydrogens is 320 g/mol. The summed E-state index contributed by atoms with van der Waals surface area (Å²) in [5.74, 6) is -0.436. The van der Waals surface area contributed by atoms with Gasteiger partial charge in [0.15, 0.2) is 5.41 Å². The van der Waals surface area contributed by atoms with Crippen LogP contribution in [0.4, 0.5) is 0 Å². The molecule has 6 atom stereocenters. The predicted molar refractivity (Wildman–Crippen MR) is 88.2 cm³/mol. The standard InChI is InChI=1S/C20H28O5/c1-10-11-7-8-16(2,3)13(10)20-12(11)9-19(18(20,6)25-20)14(21)23-17(4,5)24-15(19)22/h10-13H,7-9H2,1-6H3/t10?,11-,12+,13-,18-,20-/m0/s1. The fourth-order valence-electron chi connectivity index (χ4n) is 7.63. The van der Waals surface area contributed by atoms with Gasteiger partial charge in [-0.1, -0.05) is 20.8 Å². The summed E-state index contributed by atoms with van der Waals surface area (Å²) in [6, 6.07) is 0. The van der Waals surface area contributed by atoms with E-state index in [0.29, 0.717) is 24.2 Å². The van der Waals surface area contributed by atoms with Crippen molar-refractivity contribution in [2.75, 3.05) is 0 Å². The molecule has 5 nitrogen and oxygen atoms in total. The van der Waals surface area contributed by atoms with Crippen LogP contribution in [0.3, 0.4) is 0 Å². The number of carbonyl (C=O) groups is 2. The summed E-state index contributed by atoms with van der Waals surface area (Å²) in [6.45, 7) is 12.1. The van der Waals surface area contributed by atoms with Gasteiger partial charge < -0.3 is 14.2 Å². The Morgan fingerprint density at radius 3 is 2.20 bits per heavy atom. The van der Waals surface area contributed by atoms with Crippen LogP contribution < -0.4 is 0 Å². The van der Waals surface area contributed by atoms with Crippen molar-refractivity contribution >= 4 is 11.9 Å². The van der Waals surface area contributed by atoms with Gasteiger partial charge in [0.05, 0.1) is 0 Å². The topological polar surface area (TPSA) is 65.1 Å². The number of fused-ring (bicyclic) bond motifs is 4. The molecular formula is C20H28O5.